The lowest BCUT2D eigenvalue weighted by atomic mass is 9.77. The Balaban J connectivity index is 1.14. The Morgan fingerprint density at radius 1 is 0.886 bits per heavy atom. The van der Waals surface area contributed by atoms with E-state index in [2.05, 4.69) is 12.1 Å². The minimum atomic E-state index is -3.82. The zero-order valence-electron chi connectivity index (χ0n) is 25.8. The lowest BCUT2D eigenvalue weighted by Gasteiger charge is -2.38. The van der Waals surface area contributed by atoms with Crippen molar-refractivity contribution in [3.8, 4) is 5.75 Å². The first-order chi connectivity index (χ1) is 21.1. The van der Waals surface area contributed by atoms with Crippen molar-refractivity contribution in [2.24, 2.45) is 5.41 Å². The van der Waals surface area contributed by atoms with E-state index in [9.17, 15) is 18.0 Å². The largest absolute Gasteiger partial charge is 0.497 e. The fraction of sp³-hybridized carbons (Fsp3) is 0.429. The molecule has 2 saturated heterocycles. The van der Waals surface area contributed by atoms with Gasteiger partial charge < -0.3 is 14.5 Å². The molecule has 0 bridgehead atoms. The molecule has 1 spiro atoms. The fourth-order valence-corrected chi connectivity index (χ4v) is 9.22. The summed E-state index contributed by atoms with van der Waals surface area (Å²) >= 11 is 0. The third-order valence-corrected chi connectivity index (χ3v) is 11.8. The van der Waals surface area contributed by atoms with Crippen LogP contribution in [0.1, 0.15) is 53.5 Å². The number of ether oxygens (including phenoxy) is 1. The average molecular weight is 616 g/mol. The van der Waals surface area contributed by atoms with Crippen molar-refractivity contribution in [1.82, 2.24) is 9.80 Å². The number of aryl methyl sites for hydroxylation is 3. The molecule has 3 heterocycles. The average Bonchev–Trinajstić information content (AvgIpc) is 3.30. The predicted octanol–water partition coefficient (Wildman–Crippen LogP) is 5.04. The molecule has 44 heavy (non-hydrogen) atoms. The number of methoxy groups -OCH3 is 1. The maximum atomic E-state index is 14.0. The topological polar surface area (TPSA) is 87.2 Å². The van der Waals surface area contributed by atoms with E-state index in [-0.39, 0.29) is 23.7 Å². The quantitative estimate of drug-likeness (QED) is 0.372. The van der Waals surface area contributed by atoms with Gasteiger partial charge in [-0.15, -0.1) is 0 Å². The molecule has 0 aliphatic carbocycles. The SMILES string of the molecule is COc1cc(C)c(S(=O)(=O)N2CCCc3ccc(CC(=O)N4CCC5(CC4)CCN(Cc4ccccc4)C5=O)cc32)c(C)c1. The Hall–Kier alpha value is -3.85. The standard InChI is InChI=1S/C35H41N3O5S/c1-25-20-30(43-3)21-26(2)33(25)44(41,42)38-16-7-10-29-12-11-28(22-31(29)38)23-32(39)36-17-13-35(14-18-36)15-19-37(34(35)40)24-27-8-5-4-6-9-27/h4-6,8-9,11-12,20-22H,7,10,13-19,23-24H2,1-3H3. The van der Waals surface area contributed by atoms with Gasteiger partial charge in [0.25, 0.3) is 10.0 Å². The Bertz CT molecular complexity index is 1660. The Morgan fingerprint density at radius 3 is 2.25 bits per heavy atom. The molecule has 2 fully saturated rings. The fourth-order valence-electron chi connectivity index (χ4n) is 7.27. The van der Waals surface area contributed by atoms with Crippen molar-refractivity contribution in [1.29, 1.82) is 0 Å². The van der Waals surface area contributed by atoms with Crippen LogP contribution in [0.3, 0.4) is 0 Å². The number of carbonyl (C=O) groups is 2. The number of carbonyl (C=O) groups excluding carboxylic acids is 2. The summed E-state index contributed by atoms with van der Waals surface area (Å²) in [6, 6.07) is 19.4. The van der Waals surface area contributed by atoms with Crippen LogP contribution in [0.5, 0.6) is 5.75 Å². The van der Waals surface area contributed by atoms with Crippen LogP contribution >= 0.6 is 0 Å². The number of amides is 2. The van der Waals surface area contributed by atoms with Crippen molar-refractivity contribution in [2.75, 3.05) is 37.6 Å². The van der Waals surface area contributed by atoms with E-state index in [4.69, 9.17) is 4.74 Å². The molecule has 3 aliphatic heterocycles. The van der Waals surface area contributed by atoms with Crippen LogP contribution < -0.4 is 9.04 Å². The van der Waals surface area contributed by atoms with Gasteiger partial charge in [0, 0.05) is 32.7 Å². The summed E-state index contributed by atoms with van der Waals surface area (Å²) in [4.78, 5) is 31.0. The second-order valence-electron chi connectivity index (χ2n) is 12.5. The number of hydrogen-bond acceptors (Lipinski definition) is 5. The second kappa shape index (κ2) is 11.9. The number of fused-ring (bicyclic) bond motifs is 1. The van der Waals surface area contributed by atoms with Gasteiger partial charge in [0.1, 0.15) is 5.75 Å². The van der Waals surface area contributed by atoms with Gasteiger partial charge in [0.2, 0.25) is 11.8 Å². The highest BCUT2D eigenvalue weighted by molar-refractivity contribution is 7.93. The summed E-state index contributed by atoms with van der Waals surface area (Å²) in [5, 5.41) is 0. The zero-order chi connectivity index (χ0) is 31.1. The number of hydrogen-bond donors (Lipinski definition) is 0. The number of rotatable bonds is 7. The normalized spacial score (nSPS) is 18.1. The van der Waals surface area contributed by atoms with Crippen LogP contribution in [-0.4, -0.2) is 63.3 Å². The molecule has 0 atom stereocenters. The summed E-state index contributed by atoms with van der Waals surface area (Å²) in [6.07, 6.45) is 3.92. The molecule has 3 aromatic rings. The van der Waals surface area contributed by atoms with E-state index in [0.29, 0.717) is 66.5 Å². The maximum absolute atomic E-state index is 14.0. The smallest absolute Gasteiger partial charge is 0.264 e. The molecule has 232 valence electrons. The maximum Gasteiger partial charge on any atom is 0.264 e. The highest BCUT2D eigenvalue weighted by Crippen LogP contribution is 2.42. The van der Waals surface area contributed by atoms with Crippen molar-refractivity contribution >= 4 is 27.5 Å². The van der Waals surface area contributed by atoms with E-state index in [1.165, 1.54) is 4.31 Å². The summed E-state index contributed by atoms with van der Waals surface area (Å²) in [6.45, 7) is 6.49. The van der Waals surface area contributed by atoms with Gasteiger partial charge in [-0.1, -0.05) is 42.5 Å². The molecule has 2 amide bonds. The van der Waals surface area contributed by atoms with E-state index in [0.717, 1.165) is 42.5 Å². The predicted molar refractivity (Wildman–Crippen MR) is 170 cm³/mol. The third kappa shape index (κ3) is 5.58. The van der Waals surface area contributed by atoms with E-state index in [1.807, 2.05) is 46.2 Å². The van der Waals surface area contributed by atoms with Gasteiger partial charge in [-0.3, -0.25) is 13.9 Å². The highest BCUT2D eigenvalue weighted by atomic mass is 32.2. The van der Waals surface area contributed by atoms with Crippen molar-refractivity contribution in [3.63, 3.8) is 0 Å². The second-order valence-corrected chi connectivity index (χ2v) is 14.3. The molecule has 6 rings (SSSR count). The molecule has 0 unspecified atom stereocenters. The summed E-state index contributed by atoms with van der Waals surface area (Å²) in [5.41, 5.74) is 4.48. The van der Waals surface area contributed by atoms with Gasteiger partial charge in [0.05, 0.1) is 29.5 Å². The van der Waals surface area contributed by atoms with Crippen LogP contribution in [0, 0.1) is 19.3 Å². The number of likely N-dealkylation sites (tertiary alicyclic amines) is 2. The minimum absolute atomic E-state index is 0.0125. The van der Waals surface area contributed by atoms with E-state index < -0.39 is 10.0 Å². The van der Waals surface area contributed by atoms with Gasteiger partial charge in [-0.25, -0.2) is 8.42 Å². The molecular weight excluding hydrogens is 574 g/mol. The van der Waals surface area contributed by atoms with Gasteiger partial charge in [-0.2, -0.15) is 0 Å². The Morgan fingerprint density at radius 2 is 1.57 bits per heavy atom. The van der Waals surface area contributed by atoms with Crippen molar-refractivity contribution in [3.05, 3.63) is 88.5 Å². The Labute approximate surface area is 260 Å². The molecule has 0 aromatic heterocycles. The van der Waals surface area contributed by atoms with Crippen molar-refractivity contribution in [2.45, 2.75) is 63.8 Å². The first kappa shape index (κ1) is 30.2. The lowest BCUT2D eigenvalue weighted by molar-refractivity contribution is -0.142. The monoisotopic (exact) mass is 615 g/mol. The van der Waals surface area contributed by atoms with Crippen LogP contribution in [0.2, 0.25) is 0 Å². The first-order valence-electron chi connectivity index (χ1n) is 15.5. The Kier molecular flexibility index (Phi) is 8.18. The van der Waals surface area contributed by atoms with Crippen LogP contribution in [0.15, 0.2) is 65.6 Å². The van der Waals surface area contributed by atoms with E-state index in [1.54, 1.807) is 33.1 Å². The molecule has 0 N–H and O–H groups in total. The van der Waals surface area contributed by atoms with Crippen LogP contribution in [0.4, 0.5) is 5.69 Å². The lowest BCUT2D eigenvalue weighted by Crippen LogP contribution is -2.47. The molecule has 0 saturated carbocycles. The number of nitrogens with zero attached hydrogens (tertiary/aromatic N) is 3. The van der Waals surface area contributed by atoms with Crippen LogP contribution in [-0.2, 0) is 39.0 Å². The first-order valence-corrected chi connectivity index (χ1v) is 17.0. The molecule has 8 nitrogen and oxygen atoms in total. The molecule has 3 aliphatic rings. The van der Waals surface area contributed by atoms with Crippen LogP contribution in [0.25, 0.3) is 0 Å². The minimum Gasteiger partial charge on any atom is -0.497 e. The van der Waals surface area contributed by atoms with E-state index >= 15 is 0 Å². The van der Waals surface area contributed by atoms with Gasteiger partial charge in [-0.05, 0) is 92.0 Å². The third-order valence-electron chi connectivity index (χ3n) is 9.69. The summed E-state index contributed by atoms with van der Waals surface area (Å²) < 4.78 is 34.9. The summed E-state index contributed by atoms with van der Waals surface area (Å²) in [5.74, 6) is 0.856. The number of sulfonamides is 1. The summed E-state index contributed by atoms with van der Waals surface area (Å²) in [7, 11) is -2.25. The number of piperidine rings is 1. The van der Waals surface area contributed by atoms with Crippen molar-refractivity contribution < 1.29 is 22.7 Å². The van der Waals surface area contributed by atoms with Gasteiger partial charge >= 0.3 is 0 Å². The van der Waals surface area contributed by atoms with Gasteiger partial charge in [0.15, 0.2) is 0 Å². The molecule has 0 radical (unpaired) electrons. The molecule has 9 heteroatoms. The number of benzene rings is 3. The highest BCUT2D eigenvalue weighted by Gasteiger charge is 2.48. The molecule has 3 aromatic carbocycles. The number of anilines is 1. The molecular formula is C35H41N3O5S. The zero-order valence-corrected chi connectivity index (χ0v) is 26.7.